The highest BCUT2D eigenvalue weighted by molar-refractivity contribution is 5.71. The van der Waals surface area contributed by atoms with Crippen LogP contribution >= 0.6 is 0 Å². The van der Waals surface area contributed by atoms with E-state index in [2.05, 4.69) is 19.9 Å². The van der Waals surface area contributed by atoms with E-state index < -0.39 is 17.7 Å². The Morgan fingerprint density at radius 3 is 2.55 bits per heavy atom. The molecule has 202 valence electrons. The van der Waals surface area contributed by atoms with Gasteiger partial charge in [0.1, 0.15) is 18.2 Å². The van der Waals surface area contributed by atoms with Crippen LogP contribution in [0, 0.1) is 17.0 Å². The van der Waals surface area contributed by atoms with Gasteiger partial charge in [0.05, 0.1) is 13.5 Å². The number of carboxylic acids is 1. The number of halogens is 2. The molecule has 4 nitrogen and oxygen atoms in total. The van der Waals surface area contributed by atoms with Crippen LogP contribution in [0.5, 0.6) is 11.5 Å². The molecule has 3 aromatic rings. The lowest BCUT2D eigenvalue weighted by Gasteiger charge is -2.30. The number of aliphatic carboxylic acids is 1. The van der Waals surface area contributed by atoms with E-state index in [4.69, 9.17) is 9.47 Å². The van der Waals surface area contributed by atoms with Gasteiger partial charge in [-0.3, -0.25) is 4.79 Å². The van der Waals surface area contributed by atoms with Gasteiger partial charge in [0.15, 0.2) is 11.6 Å². The molecule has 0 saturated heterocycles. The van der Waals surface area contributed by atoms with Crippen LogP contribution in [0.3, 0.4) is 0 Å². The summed E-state index contributed by atoms with van der Waals surface area (Å²) in [6.45, 7) is 6.49. The number of methoxy groups -OCH3 is 1. The molecule has 4 rings (SSSR count). The number of hydrogen-bond donors (Lipinski definition) is 1. The zero-order valence-corrected chi connectivity index (χ0v) is 22.5. The van der Waals surface area contributed by atoms with Crippen molar-refractivity contribution in [2.75, 3.05) is 7.11 Å². The second-order valence-corrected chi connectivity index (χ2v) is 10.9. The predicted molar refractivity (Wildman–Crippen MR) is 145 cm³/mol. The maximum absolute atomic E-state index is 15.3. The summed E-state index contributed by atoms with van der Waals surface area (Å²) in [5, 5.41) is 9.21. The molecular formula is C32H36F2O4. The number of ether oxygens (including phenoxy) is 2. The predicted octanol–water partition coefficient (Wildman–Crippen LogP) is 8.48. The minimum absolute atomic E-state index is 0.0588. The van der Waals surface area contributed by atoms with Crippen LogP contribution < -0.4 is 9.47 Å². The lowest BCUT2D eigenvalue weighted by molar-refractivity contribution is -0.137. The van der Waals surface area contributed by atoms with Crippen molar-refractivity contribution < 1.29 is 28.2 Å². The summed E-state index contributed by atoms with van der Waals surface area (Å²) in [5.41, 5.74) is 3.66. The van der Waals surface area contributed by atoms with Gasteiger partial charge in [-0.2, -0.15) is 0 Å². The summed E-state index contributed by atoms with van der Waals surface area (Å²) in [6.07, 6.45) is 3.57. The highest BCUT2D eigenvalue weighted by Gasteiger charge is 2.37. The number of carboxylic acid groups (broad SMARTS) is 1. The number of carbonyl (C=O) groups is 1. The van der Waals surface area contributed by atoms with Gasteiger partial charge in [0.25, 0.3) is 0 Å². The van der Waals surface area contributed by atoms with Crippen LogP contribution in [-0.2, 0) is 11.4 Å². The van der Waals surface area contributed by atoms with Crippen molar-refractivity contribution in [2.24, 2.45) is 5.41 Å². The maximum Gasteiger partial charge on any atom is 0.303 e. The van der Waals surface area contributed by atoms with Gasteiger partial charge in [-0.15, -0.1) is 0 Å². The summed E-state index contributed by atoms with van der Waals surface area (Å²) < 4.78 is 41.6. The highest BCUT2D eigenvalue weighted by atomic mass is 19.1. The van der Waals surface area contributed by atoms with Crippen LogP contribution in [0.15, 0.2) is 54.6 Å². The molecule has 0 heterocycles. The van der Waals surface area contributed by atoms with Crippen LogP contribution in [0.4, 0.5) is 8.78 Å². The zero-order chi connectivity index (χ0) is 27.4. The van der Waals surface area contributed by atoms with E-state index >= 15 is 8.78 Å². The first kappa shape index (κ1) is 27.6. The first-order chi connectivity index (χ1) is 18.1. The van der Waals surface area contributed by atoms with Crippen molar-refractivity contribution >= 4 is 5.97 Å². The summed E-state index contributed by atoms with van der Waals surface area (Å²) >= 11 is 0. The summed E-state index contributed by atoms with van der Waals surface area (Å²) in [4.78, 5) is 11.2. The van der Waals surface area contributed by atoms with Gasteiger partial charge >= 0.3 is 5.97 Å². The molecular weight excluding hydrogens is 486 g/mol. The second kappa shape index (κ2) is 11.5. The minimum Gasteiger partial charge on any atom is -0.497 e. The number of hydrogen-bond acceptors (Lipinski definition) is 3. The van der Waals surface area contributed by atoms with Crippen molar-refractivity contribution in [1.82, 2.24) is 0 Å². The standard InChI is InChI=1S/C32H36F2O4/c1-5-21(17-30(35)36)23-8-6-10-29(31(23)34)38-19-20-11-13-24(26-18-22(37-4)12-14-28(26)33)25(16-20)27-9-7-15-32(27,2)3/h6,8,10-14,16,18,21,27H,5,7,9,15,17,19H2,1-4H3,(H,35,36)/t21-,27+/m0/s1. The van der Waals surface area contributed by atoms with Crippen LogP contribution in [-0.4, -0.2) is 18.2 Å². The van der Waals surface area contributed by atoms with E-state index in [9.17, 15) is 9.90 Å². The first-order valence-corrected chi connectivity index (χ1v) is 13.2. The van der Waals surface area contributed by atoms with Gasteiger partial charge in [-0.1, -0.05) is 57.5 Å². The molecule has 1 saturated carbocycles. The van der Waals surface area contributed by atoms with Gasteiger partial charge in [-0.25, -0.2) is 8.78 Å². The van der Waals surface area contributed by atoms with Gasteiger partial charge < -0.3 is 14.6 Å². The summed E-state index contributed by atoms with van der Waals surface area (Å²) in [7, 11) is 1.57. The molecule has 0 radical (unpaired) electrons. The Balaban J connectivity index is 1.67. The Morgan fingerprint density at radius 2 is 1.89 bits per heavy atom. The lowest BCUT2D eigenvalue weighted by atomic mass is 9.75. The van der Waals surface area contributed by atoms with Gasteiger partial charge in [0.2, 0.25) is 0 Å². The molecule has 1 aliphatic carbocycles. The third kappa shape index (κ3) is 5.85. The zero-order valence-electron chi connectivity index (χ0n) is 22.5. The smallest absolute Gasteiger partial charge is 0.303 e. The minimum atomic E-state index is -0.961. The third-order valence-corrected chi connectivity index (χ3v) is 7.95. The van der Waals surface area contributed by atoms with Crippen molar-refractivity contribution in [3.63, 3.8) is 0 Å². The largest absolute Gasteiger partial charge is 0.497 e. The Hall–Kier alpha value is -3.41. The summed E-state index contributed by atoms with van der Waals surface area (Å²) in [5.74, 6) is -1.29. The fraction of sp³-hybridized carbons (Fsp3) is 0.406. The molecule has 0 bridgehead atoms. The normalized spacial score (nSPS) is 17.3. The third-order valence-electron chi connectivity index (χ3n) is 7.95. The maximum atomic E-state index is 15.3. The van der Waals surface area contributed by atoms with Gasteiger partial charge in [-0.05, 0) is 83.0 Å². The van der Waals surface area contributed by atoms with Gasteiger partial charge in [0, 0.05) is 5.56 Å². The second-order valence-electron chi connectivity index (χ2n) is 10.9. The van der Waals surface area contributed by atoms with Crippen molar-refractivity contribution in [3.8, 4) is 22.6 Å². The molecule has 6 heteroatoms. The molecule has 1 N–H and O–H groups in total. The molecule has 1 fully saturated rings. The van der Waals surface area contributed by atoms with Crippen LogP contribution in [0.2, 0.25) is 0 Å². The van der Waals surface area contributed by atoms with Crippen molar-refractivity contribution in [2.45, 2.75) is 71.3 Å². The monoisotopic (exact) mass is 522 g/mol. The molecule has 3 aromatic carbocycles. The summed E-state index contributed by atoms with van der Waals surface area (Å²) in [6, 6.07) is 15.5. The lowest BCUT2D eigenvalue weighted by Crippen LogP contribution is -2.17. The average Bonchev–Trinajstić information content (AvgIpc) is 3.25. The fourth-order valence-corrected chi connectivity index (χ4v) is 5.78. The van der Waals surface area contributed by atoms with E-state index in [-0.39, 0.29) is 35.9 Å². The average molecular weight is 523 g/mol. The van der Waals surface area contributed by atoms with E-state index in [1.165, 1.54) is 6.07 Å². The highest BCUT2D eigenvalue weighted by Crippen LogP contribution is 2.51. The topological polar surface area (TPSA) is 55.8 Å². The van der Waals surface area contributed by atoms with E-state index in [0.29, 0.717) is 23.3 Å². The van der Waals surface area contributed by atoms with E-state index in [1.54, 1.807) is 37.4 Å². The van der Waals surface area contributed by atoms with Crippen molar-refractivity contribution in [3.05, 3.63) is 82.9 Å². The molecule has 1 aliphatic rings. The SMILES string of the molecule is CC[C@@H](CC(=O)O)c1cccc(OCc2ccc(-c3cc(OC)ccc3F)c([C@H]3CCCC3(C)C)c2)c1F. The molecule has 0 aromatic heterocycles. The Morgan fingerprint density at radius 1 is 1.11 bits per heavy atom. The Bertz CT molecular complexity index is 1300. The number of benzene rings is 3. The first-order valence-electron chi connectivity index (χ1n) is 13.2. The van der Waals surface area contributed by atoms with Crippen LogP contribution in [0.25, 0.3) is 11.1 Å². The molecule has 0 aliphatic heterocycles. The molecule has 0 unspecified atom stereocenters. The van der Waals surface area contributed by atoms with E-state index in [0.717, 1.165) is 36.0 Å². The Labute approximate surface area is 223 Å². The quantitative estimate of drug-likeness (QED) is 0.290. The molecule has 2 atom stereocenters. The number of rotatable bonds is 10. The molecule has 0 amide bonds. The van der Waals surface area contributed by atoms with Crippen LogP contribution in [0.1, 0.15) is 81.4 Å². The van der Waals surface area contributed by atoms with E-state index in [1.807, 2.05) is 19.1 Å². The fourth-order valence-electron chi connectivity index (χ4n) is 5.78. The molecule has 38 heavy (non-hydrogen) atoms. The Kier molecular flexibility index (Phi) is 8.39. The van der Waals surface area contributed by atoms with Crippen molar-refractivity contribution in [1.29, 1.82) is 0 Å². The molecule has 0 spiro atoms.